The van der Waals surface area contributed by atoms with Gasteiger partial charge in [-0.15, -0.1) is 0 Å². The zero-order valence-electron chi connectivity index (χ0n) is 14.0. The van der Waals surface area contributed by atoms with E-state index in [2.05, 4.69) is 15.5 Å². The predicted molar refractivity (Wildman–Crippen MR) is 89.6 cm³/mol. The van der Waals surface area contributed by atoms with Crippen molar-refractivity contribution in [2.24, 2.45) is 5.92 Å². The Morgan fingerprint density at radius 2 is 2.00 bits per heavy atom. The second kappa shape index (κ2) is 7.95. The van der Waals surface area contributed by atoms with Gasteiger partial charge in [-0.1, -0.05) is 24.4 Å². The van der Waals surface area contributed by atoms with E-state index in [1.54, 1.807) is 7.11 Å². The second-order valence-electron chi connectivity index (χ2n) is 6.12. The molecular formula is C18H23N3O3. The molecule has 6 nitrogen and oxygen atoms in total. The summed E-state index contributed by atoms with van der Waals surface area (Å²) in [5.41, 5.74) is 0.872. The van der Waals surface area contributed by atoms with E-state index in [0.29, 0.717) is 24.7 Å². The molecule has 1 fully saturated rings. The van der Waals surface area contributed by atoms with Crippen LogP contribution in [0.25, 0.3) is 11.4 Å². The van der Waals surface area contributed by atoms with Gasteiger partial charge in [0.1, 0.15) is 5.75 Å². The highest BCUT2D eigenvalue weighted by Gasteiger charge is 2.20. The fraction of sp³-hybridized carbons (Fsp3) is 0.500. The first-order valence-electron chi connectivity index (χ1n) is 8.51. The van der Waals surface area contributed by atoms with E-state index >= 15 is 0 Å². The van der Waals surface area contributed by atoms with Gasteiger partial charge in [0.25, 0.3) is 0 Å². The number of rotatable bonds is 6. The molecule has 0 spiro atoms. The number of hydrogen-bond acceptors (Lipinski definition) is 5. The smallest absolute Gasteiger partial charge is 0.228 e. The number of ether oxygens (including phenoxy) is 1. The molecule has 128 valence electrons. The summed E-state index contributed by atoms with van der Waals surface area (Å²) in [6.45, 7) is 0.527. The van der Waals surface area contributed by atoms with Crippen LogP contribution in [0.5, 0.6) is 5.75 Å². The van der Waals surface area contributed by atoms with Crippen LogP contribution in [-0.2, 0) is 11.2 Å². The van der Waals surface area contributed by atoms with Gasteiger partial charge in [-0.3, -0.25) is 4.79 Å². The van der Waals surface area contributed by atoms with Crippen molar-refractivity contribution >= 4 is 5.91 Å². The van der Waals surface area contributed by atoms with Gasteiger partial charge in [0.15, 0.2) is 0 Å². The molecule has 24 heavy (non-hydrogen) atoms. The molecule has 1 amide bonds. The van der Waals surface area contributed by atoms with Crippen molar-refractivity contribution in [1.29, 1.82) is 0 Å². The summed E-state index contributed by atoms with van der Waals surface area (Å²) < 4.78 is 10.4. The molecule has 0 atom stereocenters. The SMILES string of the molecule is COc1ccc(-c2noc(CCNC(=O)C3CCCCC3)n2)cc1. The summed E-state index contributed by atoms with van der Waals surface area (Å²) in [6, 6.07) is 7.49. The highest BCUT2D eigenvalue weighted by Crippen LogP contribution is 2.23. The molecule has 1 saturated carbocycles. The molecule has 0 bridgehead atoms. The van der Waals surface area contributed by atoms with Gasteiger partial charge in [-0.2, -0.15) is 4.98 Å². The van der Waals surface area contributed by atoms with Gasteiger partial charge in [0.2, 0.25) is 17.6 Å². The van der Waals surface area contributed by atoms with Crippen LogP contribution in [-0.4, -0.2) is 29.7 Å². The van der Waals surface area contributed by atoms with Crippen molar-refractivity contribution in [2.75, 3.05) is 13.7 Å². The second-order valence-corrected chi connectivity index (χ2v) is 6.12. The fourth-order valence-corrected chi connectivity index (χ4v) is 3.02. The van der Waals surface area contributed by atoms with Gasteiger partial charge in [0.05, 0.1) is 7.11 Å². The zero-order chi connectivity index (χ0) is 16.8. The maximum atomic E-state index is 12.1. The molecule has 0 saturated heterocycles. The molecule has 1 aromatic carbocycles. The standard InChI is InChI=1S/C18H23N3O3/c1-23-15-9-7-13(8-10-15)17-20-16(24-21-17)11-12-19-18(22)14-5-3-2-4-6-14/h7-10,14H,2-6,11-12H2,1H3,(H,19,22). The maximum absolute atomic E-state index is 12.1. The predicted octanol–water partition coefficient (Wildman–Crippen LogP) is 2.98. The Balaban J connectivity index is 1.49. The average Bonchev–Trinajstić information content (AvgIpc) is 3.11. The molecule has 1 N–H and O–H groups in total. The normalized spacial score (nSPS) is 15.2. The lowest BCUT2D eigenvalue weighted by molar-refractivity contribution is -0.125. The Morgan fingerprint density at radius 3 is 2.71 bits per heavy atom. The average molecular weight is 329 g/mol. The minimum absolute atomic E-state index is 0.157. The first kappa shape index (κ1) is 16.5. The monoisotopic (exact) mass is 329 g/mol. The first-order valence-corrected chi connectivity index (χ1v) is 8.51. The molecule has 3 rings (SSSR count). The van der Waals surface area contributed by atoms with Gasteiger partial charge in [0, 0.05) is 24.4 Å². The number of methoxy groups -OCH3 is 1. The summed E-state index contributed by atoms with van der Waals surface area (Å²) in [5.74, 6) is 2.20. The lowest BCUT2D eigenvalue weighted by atomic mass is 9.89. The van der Waals surface area contributed by atoms with E-state index in [9.17, 15) is 4.79 Å². The Morgan fingerprint density at radius 1 is 1.25 bits per heavy atom. The number of nitrogens with one attached hydrogen (secondary N) is 1. The summed E-state index contributed by atoms with van der Waals surface area (Å²) in [5, 5.41) is 6.97. The molecular weight excluding hydrogens is 306 g/mol. The lowest BCUT2D eigenvalue weighted by Crippen LogP contribution is -2.33. The zero-order valence-corrected chi connectivity index (χ0v) is 14.0. The maximum Gasteiger partial charge on any atom is 0.228 e. The van der Waals surface area contributed by atoms with Gasteiger partial charge >= 0.3 is 0 Å². The van der Waals surface area contributed by atoms with Crippen LogP contribution < -0.4 is 10.1 Å². The number of amides is 1. The third kappa shape index (κ3) is 4.13. The highest BCUT2D eigenvalue weighted by atomic mass is 16.5. The van der Waals surface area contributed by atoms with E-state index in [-0.39, 0.29) is 11.8 Å². The van der Waals surface area contributed by atoms with Crippen LogP contribution in [0.3, 0.4) is 0 Å². The number of hydrogen-bond donors (Lipinski definition) is 1. The summed E-state index contributed by atoms with van der Waals surface area (Å²) >= 11 is 0. The molecule has 1 heterocycles. The number of aromatic nitrogens is 2. The minimum Gasteiger partial charge on any atom is -0.497 e. The molecule has 0 aliphatic heterocycles. The summed E-state index contributed by atoms with van der Waals surface area (Å²) in [7, 11) is 1.63. The van der Waals surface area contributed by atoms with Crippen LogP contribution in [0.1, 0.15) is 38.0 Å². The van der Waals surface area contributed by atoms with Crippen LogP contribution in [0.15, 0.2) is 28.8 Å². The molecule has 1 aliphatic carbocycles. The molecule has 0 unspecified atom stereocenters. The Hall–Kier alpha value is -2.37. The van der Waals surface area contributed by atoms with Gasteiger partial charge in [-0.25, -0.2) is 0 Å². The fourth-order valence-electron chi connectivity index (χ4n) is 3.02. The van der Waals surface area contributed by atoms with Crippen molar-refractivity contribution in [3.05, 3.63) is 30.2 Å². The molecule has 1 aromatic heterocycles. The van der Waals surface area contributed by atoms with E-state index in [0.717, 1.165) is 37.0 Å². The van der Waals surface area contributed by atoms with E-state index in [1.807, 2.05) is 24.3 Å². The number of benzene rings is 1. The van der Waals surface area contributed by atoms with Crippen LogP contribution in [0.4, 0.5) is 0 Å². The highest BCUT2D eigenvalue weighted by molar-refractivity contribution is 5.78. The molecule has 6 heteroatoms. The van der Waals surface area contributed by atoms with Crippen molar-refractivity contribution in [3.8, 4) is 17.1 Å². The topological polar surface area (TPSA) is 77.3 Å². The van der Waals surface area contributed by atoms with Crippen LogP contribution in [0.2, 0.25) is 0 Å². The van der Waals surface area contributed by atoms with Gasteiger partial charge in [-0.05, 0) is 37.1 Å². The van der Waals surface area contributed by atoms with E-state index in [1.165, 1.54) is 6.42 Å². The van der Waals surface area contributed by atoms with Crippen molar-refractivity contribution in [2.45, 2.75) is 38.5 Å². The van der Waals surface area contributed by atoms with Crippen LogP contribution >= 0.6 is 0 Å². The molecule has 1 aliphatic rings. The third-order valence-corrected chi connectivity index (χ3v) is 4.43. The number of carbonyl (C=O) groups excluding carboxylic acids is 1. The van der Waals surface area contributed by atoms with Crippen molar-refractivity contribution in [1.82, 2.24) is 15.5 Å². The molecule has 2 aromatic rings. The summed E-state index contributed by atoms with van der Waals surface area (Å²) in [4.78, 5) is 16.5. The van der Waals surface area contributed by atoms with Crippen molar-refractivity contribution in [3.63, 3.8) is 0 Å². The third-order valence-electron chi connectivity index (χ3n) is 4.43. The quantitative estimate of drug-likeness (QED) is 0.881. The largest absolute Gasteiger partial charge is 0.497 e. The van der Waals surface area contributed by atoms with Crippen LogP contribution in [0, 0.1) is 5.92 Å². The lowest BCUT2D eigenvalue weighted by Gasteiger charge is -2.20. The Kier molecular flexibility index (Phi) is 5.46. The van der Waals surface area contributed by atoms with E-state index < -0.39 is 0 Å². The minimum atomic E-state index is 0.157. The first-order chi connectivity index (χ1) is 11.8. The number of nitrogens with zero attached hydrogens (tertiary/aromatic N) is 2. The van der Waals surface area contributed by atoms with Crippen molar-refractivity contribution < 1.29 is 14.1 Å². The van der Waals surface area contributed by atoms with Gasteiger partial charge < -0.3 is 14.6 Å². The molecule has 0 radical (unpaired) electrons. The Bertz CT molecular complexity index is 660. The summed E-state index contributed by atoms with van der Waals surface area (Å²) in [6.07, 6.45) is 6.13. The van der Waals surface area contributed by atoms with E-state index in [4.69, 9.17) is 9.26 Å². The Labute approximate surface area is 141 Å². The number of carbonyl (C=O) groups is 1.